The van der Waals surface area contributed by atoms with Crippen molar-refractivity contribution in [2.24, 2.45) is 0 Å². The van der Waals surface area contributed by atoms with Crippen LogP contribution in [-0.2, 0) is 11.3 Å². The molecule has 0 aliphatic carbocycles. The fourth-order valence-corrected chi connectivity index (χ4v) is 2.71. The fourth-order valence-electron chi connectivity index (χ4n) is 2.71. The number of rotatable bonds is 5. The lowest BCUT2D eigenvalue weighted by molar-refractivity contribution is -0.116. The predicted molar refractivity (Wildman–Crippen MR) is 105 cm³/mol. The van der Waals surface area contributed by atoms with Crippen molar-refractivity contribution in [1.82, 2.24) is 0 Å². The maximum Gasteiger partial charge on any atom is 0.224 e. The minimum atomic E-state index is -0.0757. The van der Waals surface area contributed by atoms with Crippen LogP contribution in [0.4, 0.5) is 11.4 Å². The average Bonchev–Trinajstić information content (AvgIpc) is 2.63. The van der Waals surface area contributed by atoms with E-state index in [2.05, 4.69) is 0 Å². The lowest BCUT2D eigenvalue weighted by Crippen LogP contribution is -2.28. The first kappa shape index (κ1) is 17.5. The predicted octanol–water partition coefficient (Wildman–Crippen LogP) is 4.92. The molecule has 2 N–H and O–H groups in total. The van der Waals surface area contributed by atoms with Crippen LogP contribution in [0.2, 0.25) is 0 Å². The van der Waals surface area contributed by atoms with Crippen molar-refractivity contribution in [3.8, 4) is 11.5 Å². The van der Waals surface area contributed by atoms with Crippen LogP contribution in [-0.4, -0.2) is 5.91 Å². The summed E-state index contributed by atoms with van der Waals surface area (Å²) >= 11 is 0. The Balaban J connectivity index is 1.93. The number of hydrogen-bond acceptors (Lipinski definition) is 3. The number of amides is 1. The minimum absolute atomic E-state index is 0.0757. The molecule has 0 saturated carbocycles. The van der Waals surface area contributed by atoms with Crippen molar-refractivity contribution >= 4 is 17.3 Å². The van der Waals surface area contributed by atoms with Crippen LogP contribution in [0.5, 0.6) is 11.5 Å². The molecule has 1 amide bonds. The van der Waals surface area contributed by atoms with Crippen LogP contribution < -0.4 is 15.4 Å². The average molecular weight is 346 g/mol. The zero-order chi connectivity index (χ0) is 18.5. The number of carbonyl (C=O) groups is 1. The van der Waals surface area contributed by atoms with Gasteiger partial charge in [0.1, 0.15) is 5.75 Å². The Labute approximate surface area is 153 Å². The van der Waals surface area contributed by atoms with E-state index in [1.54, 1.807) is 11.8 Å². The van der Waals surface area contributed by atoms with E-state index in [-0.39, 0.29) is 5.91 Å². The van der Waals surface area contributed by atoms with Gasteiger partial charge in [-0.2, -0.15) is 0 Å². The van der Waals surface area contributed by atoms with E-state index in [1.807, 2.05) is 79.7 Å². The van der Waals surface area contributed by atoms with E-state index in [4.69, 9.17) is 10.5 Å². The van der Waals surface area contributed by atoms with E-state index in [9.17, 15) is 4.79 Å². The largest absolute Gasteiger partial charge is 0.455 e. The third-order valence-electron chi connectivity index (χ3n) is 4.17. The van der Waals surface area contributed by atoms with Gasteiger partial charge in [0.2, 0.25) is 5.91 Å². The second kappa shape index (κ2) is 7.74. The van der Waals surface area contributed by atoms with Gasteiger partial charge in [0.15, 0.2) is 5.75 Å². The summed E-state index contributed by atoms with van der Waals surface area (Å²) in [5.74, 6) is 1.28. The maximum absolute atomic E-state index is 12.3. The highest BCUT2D eigenvalue weighted by Gasteiger charge is 2.18. The monoisotopic (exact) mass is 346 g/mol. The number of para-hydroxylation sites is 3. The zero-order valence-electron chi connectivity index (χ0n) is 15.0. The zero-order valence-corrected chi connectivity index (χ0v) is 15.0. The normalized spacial score (nSPS) is 10.4. The first-order chi connectivity index (χ1) is 12.5. The first-order valence-corrected chi connectivity index (χ1v) is 8.49. The third kappa shape index (κ3) is 4.03. The second-order valence-corrected chi connectivity index (χ2v) is 6.19. The highest BCUT2D eigenvalue weighted by molar-refractivity contribution is 5.93. The van der Waals surface area contributed by atoms with Gasteiger partial charge in [-0.05, 0) is 42.8 Å². The molecular weight excluding hydrogens is 324 g/mol. The van der Waals surface area contributed by atoms with Crippen LogP contribution in [0.1, 0.15) is 18.1 Å². The minimum Gasteiger partial charge on any atom is -0.455 e. The maximum atomic E-state index is 12.3. The Morgan fingerprint density at radius 2 is 1.62 bits per heavy atom. The van der Waals surface area contributed by atoms with Gasteiger partial charge in [0, 0.05) is 12.6 Å². The summed E-state index contributed by atoms with van der Waals surface area (Å²) in [4.78, 5) is 14.0. The van der Waals surface area contributed by atoms with Crippen LogP contribution in [0, 0.1) is 6.92 Å². The third-order valence-corrected chi connectivity index (χ3v) is 4.17. The summed E-state index contributed by atoms with van der Waals surface area (Å²) in [6.07, 6.45) is 0. The van der Waals surface area contributed by atoms with Crippen molar-refractivity contribution in [2.45, 2.75) is 20.4 Å². The van der Waals surface area contributed by atoms with E-state index in [0.717, 1.165) is 16.9 Å². The number of nitrogens with two attached hydrogens (primary N) is 1. The Morgan fingerprint density at radius 3 is 2.31 bits per heavy atom. The number of benzene rings is 3. The smallest absolute Gasteiger partial charge is 0.224 e. The molecule has 0 unspecified atom stereocenters. The van der Waals surface area contributed by atoms with Crippen molar-refractivity contribution < 1.29 is 9.53 Å². The Hall–Kier alpha value is -3.27. The molecule has 26 heavy (non-hydrogen) atoms. The van der Waals surface area contributed by atoms with Crippen LogP contribution in [0.25, 0.3) is 0 Å². The standard InChI is InChI=1S/C22H22N2O2/c1-16-11-13-19(14-12-16)26-22-10-6-5-9-21(22)24(17(2)25)15-18-7-3-4-8-20(18)23/h3-14H,15,23H2,1-2H3. The SMILES string of the molecule is CC(=O)N(Cc1ccccc1N)c1ccccc1Oc1ccc(C)cc1. The molecule has 0 atom stereocenters. The molecule has 0 heterocycles. The topological polar surface area (TPSA) is 55.6 Å². The Bertz CT molecular complexity index is 904. The summed E-state index contributed by atoms with van der Waals surface area (Å²) in [7, 11) is 0. The van der Waals surface area contributed by atoms with Gasteiger partial charge in [-0.1, -0.05) is 48.0 Å². The Morgan fingerprint density at radius 1 is 0.962 bits per heavy atom. The molecule has 0 aromatic heterocycles. The molecule has 0 aliphatic heterocycles. The van der Waals surface area contributed by atoms with Crippen molar-refractivity contribution in [2.75, 3.05) is 10.6 Å². The molecule has 0 spiro atoms. The number of nitrogens with zero attached hydrogens (tertiary/aromatic N) is 1. The Kier molecular flexibility index (Phi) is 5.23. The van der Waals surface area contributed by atoms with E-state index < -0.39 is 0 Å². The summed E-state index contributed by atoms with van der Waals surface area (Å²) in [6.45, 7) is 3.96. The molecular formula is C22H22N2O2. The molecule has 3 aromatic carbocycles. The molecule has 0 radical (unpaired) electrons. The van der Waals surface area contributed by atoms with Gasteiger partial charge in [-0.25, -0.2) is 0 Å². The number of nitrogen functional groups attached to an aromatic ring is 1. The summed E-state index contributed by atoms with van der Waals surface area (Å²) < 4.78 is 6.04. The second-order valence-electron chi connectivity index (χ2n) is 6.19. The van der Waals surface area contributed by atoms with E-state index >= 15 is 0 Å². The summed E-state index contributed by atoms with van der Waals surface area (Å²) in [5, 5.41) is 0. The van der Waals surface area contributed by atoms with Gasteiger partial charge in [-0.3, -0.25) is 4.79 Å². The summed E-state index contributed by atoms with van der Waals surface area (Å²) in [5.41, 5.74) is 9.49. The number of aryl methyl sites for hydroxylation is 1. The lowest BCUT2D eigenvalue weighted by atomic mass is 10.1. The van der Waals surface area contributed by atoms with Crippen LogP contribution >= 0.6 is 0 Å². The molecule has 4 heteroatoms. The highest BCUT2D eigenvalue weighted by atomic mass is 16.5. The van der Waals surface area contributed by atoms with Crippen molar-refractivity contribution in [1.29, 1.82) is 0 Å². The van der Waals surface area contributed by atoms with Gasteiger partial charge < -0.3 is 15.4 Å². The van der Waals surface area contributed by atoms with Crippen LogP contribution in [0.15, 0.2) is 72.8 Å². The molecule has 3 rings (SSSR count). The molecule has 0 fully saturated rings. The molecule has 0 saturated heterocycles. The van der Waals surface area contributed by atoms with Crippen molar-refractivity contribution in [3.63, 3.8) is 0 Å². The number of hydrogen-bond donors (Lipinski definition) is 1. The number of ether oxygens (including phenoxy) is 1. The first-order valence-electron chi connectivity index (χ1n) is 8.49. The molecule has 0 aliphatic rings. The van der Waals surface area contributed by atoms with Gasteiger partial charge >= 0.3 is 0 Å². The van der Waals surface area contributed by atoms with E-state index in [0.29, 0.717) is 23.7 Å². The van der Waals surface area contributed by atoms with Gasteiger partial charge in [0.05, 0.1) is 12.2 Å². The van der Waals surface area contributed by atoms with Crippen LogP contribution in [0.3, 0.4) is 0 Å². The number of carbonyl (C=O) groups excluding carboxylic acids is 1. The molecule has 132 valence electrons. The summed E-state index contributed by atoms with van der Waals surface area (Å²) in [6, 6.07) is 22.9. The molecule has 0 bridgehead atoms. The molecule has 3 aromatic rings. The quantitative estimate of drug-likeness (QED) is 0.667. The van der Waals surface area contributed by atoms with Crippen molar-refractivity contribution in [3.05, 3.63) is 83.9 Å². The van der Waals surface area contributed by atoms with E-state index in [1.165, 1.54) is 0 Å². The molecule has 4 nitrogen and oxygen atoms in total. The van der Waals surface area contributed by atoms with Gasteiger partial charge in [0.25, 0.3) is 0 Å². The number of anilines is 2. The highest BCUT2D eigenvalue weighted by Crippen LogP contribution is 2.33. The lowest BCUT2D eigenvalue weighted by Gasteiger charge is -2.24. The fraction of sp³-hybridized carbons (Fsp3) is 0.136. The van der Waals surface area contributed by atoms with Gasteiger partial charge in [-0.15, -0.1) is 0 Å².